The second-order valence-electron chi connectivity index (χ2n) is 4.96. The fourth-order valence-electron chi connectivity index (χ4n) is 2.24. The van der Waals surface area contributed by atoms with Crippen LogP contribution in [0.1, 0.15) is 5.69 Å². The first kappa shape index (κ1) is 14.9. The molecule has 0 radical (unpaired) electrons. The minimum absolute atomic E-state index is 0.504. The highest BCUT2D eigenvalue weighted by molar-refractivity contribution is 7.14. The molecule has 0 aromatic carbocycles. The number of aromatic nitrogens is 4. The first-order chi connectivity index (χ1) is 11.9. The zero-order chi connectivity index (χ0) is 16.2. The molecule has 0 saturated heterocycles. The van der Waals surface area contributed by atoms with Gasteiger partial charge in [-0.15, -0.1) is 32.9 Å². The van der Waals surface area contributed by atoms with Gasteiger partial charge in [-0.2, -0.15) is 0 Å². The van der Waals surface area contributed by atoms with Crippen LogP contribution in [0.3, 0.4) is 0 Å². The Kier molecular flexibility index (Phi) is 4.26. The third-order valence-electron chi connectivity index (χ3n) is 3.35. The third-order valence-corrected chi connectivity index (χ3v) is 5.10. The minimum atomic E-state index is 0.504. The van der Waals surface area contributed by atoms with Crippen molar-refractivity contribution in [1.29, 1.82) is 0 Å². The molecule has 0 aliphatic carbocycles. The lowest BCUT2D eigenvalue weighted by atomic mass is 10.2. The number of thiophene rings is 2. The van der Waals surface area contributed by atoms with Gasteiger partial charge in [-0.25, -0.2) is 4.98 Å². The SMILES string of the molecule is c1ccc(CNc2nnc(-c3cccs3)c(-c3cccs3)n2)nc1. The largest absolute Gasteiger partial charge is 0.347 e. The van der Waals surface area contributed by atoms with Crippen LogP contribution in [-0.2, 0) is 6.54 Å². The molecule has 7 heteroatoms. The van der Waals surface area contributed by atoms with Crippen molar-refractivity contribution in [3.05, 3.63) is 65.1 Å². The summed E-state index contributed by atoms with van der Waals surface area (Å²) in [6.45, 7) is 0.560. The van der Waals surface area contributed by atoms with E-state index < -0.39 is 0 Å². The van der Waals surface area contributed by atoms with Crippen molar-refractivity contribution >= 4 is 28.6 Å². The van der Waals surface area contributed by atoms with Crippen LogP contribution in [0.2, 0.25) is 0 Å². The Morgan fingerprint density at radius 3 is 2.29 bits per heavy atom. The van der Waals surface area contributed by atoms with Crippen LogP contribution in [0.25, 0.3) is 21.1 Å². The topological polar surface area (TPSA) is 63.6 Å². The second kappa shape index (κ2) is 6.86. The Morgan fingerprint density at radius 1 is 0.833 bits per heavy atom. The van der Waals surface area contributed by atoms with Gasteiger partial charge in [0, 0.05) is 6.20 Å². The molecule has 5 nitrogen and oxygen atoms in total. The molecule has 4 aromatic rings. The smallest absolute Gasteiger partial charge is 0.243 e. The summed E-state index contributed by atoms with van der Waals surface area (Å²) in [5.41, 5.74) is 2.60. The van der Waals surface area contributed by atoms with Gasteiger partial charge in [0.15, 0.2) is 0 Å². The molecule has 0 unspecified atom stereocenters. The molecule has 0 aliphatic rings. The fourth-order valence-corrected chi connectivity index (χ4v) is 3.66. The van der Waals surface area contributed by atoms with Gasteiger partial charge in [0.05, 0.1) is 22.0 Å². The highest BCUT2D eigenvalue weighted by atomic mass is 32.1. The highest BCUT2D eigenvalue weighted by Gasteiger charge is 2.15. The number of nitrogens with zero attached hydrogens (tertiary/aromatic N) is 4. The standard InChI is InChI=1S/C17H13N5S2/c1-2-8-18-12(5-1)11-19-17-20-15(13-6-3-9-23-13)16(21-22-17)14-7-4-10-24-14/h1-10H,11H2,(H,19,20,22). The highest BCUT2D eigenvalue weighted by Crippen LogP contribution is 2.33. The van der Waals surface area contributed by atoms with Gasteiger partial charge < -0.3 is 5.32 Å². The van der Waals surface area contributed by atoms with E-state index in [1.165, 1.54) is 0 Å². The Hall–Kier alpha value is -2.64. The number of hydrogen-bond donors (Lipinski definition) is 1. The van der Waals surface area contributed by atoms with Gasteiger partial charge in [0.25, 0.3) is 0 Å². The van der Waals surface area contributed by atoms with Crippen molar-refractivity contribution in [3.8, 4) is 21.1 Å². The molecule has 24 heavy (non-hydrogen) atoms. The molecule has 1 N–H and O–H groups in total. The van der Waals surface area contributed by atoms with E-state index in [4.69, 9.17) is 4.98 Å². The van der Waals surface area contributed by atoms with Crippen LogP contribution in [0.5, 0.6) is 0 Å². The zero-order valence-corrected chi connectivity index (χ0v) is 14.2. The van der Waals surface area contributed by atoms with E-state index in [-0.39, 0.29) is 0 Å². The predicted octanol–water partition coefficient (Wildman–Crippen LogP) is 4.34. The number of nitrogens with one attached hydrogen (secondary N) is 1. The summed E-state index contributed by atoms with van der Waals surface area (Å²) in [5.74, 6) is 0.504. The quantitative estimate of drug-likeness (QED) is 0.579. The van der Waals surface area contributed by atoms with Gasteiger partial charge in [0.2, 0.25) is 5.95 Å². The number of pyridine rings is 1. The van der Waals surface area contributed by atoms with Crippen molar-refractivity contribution in [2.24, 2.45) is 0 Å². The first-order valence-electron chi connectivity index (χ1n) is 7.36. The Morgan fingerprint density at radius 2 is 1.62 bits per heavy atom. The van der Waals surface area contributed by atoms with E-state index in [0.717, 1.165) is 26.8 Å². The number of rotatable bonds is 5. The van der Waals surface area contributed by atoms with Crippen LogP contribution >= 0.6 is 22.7 Å². The van der Waals surface area contributed by atoms with Crippen LogP contribution in [-0.4, -0.2) is 20.2 Å². The van der Waals surface area contributed by atoms with Gasteiger partial charge in [-0.3, -0.25) is 4.98 Å². The molecular weight excluding hydrogens is 338 g/mol. The van der Waals surface area contributed by atoms with E-state index in [2.05, 4.69) is 20.5 Å². The molecule has 0 amide bonds. The Labute approximate surface area is 147 Å². The summed E-state index contributed by atoms with van der Waals surface area (Å²) in [7, 11) is 0. The maximum absolute atomic E-state index is 4.69. The monoisotopic (exact) mass is 351 g/mol. The molecule has 0 fully saturated rings. The molecular formula is C17H13N5S2. The molecule has 4 rings (SSSR count). The molecule has 118 valence electrons. The molecule has 0 aliphatic heterocycles. The van der Waals surface area contributed by atoms with Crippen molar-refractivity contribution in [2.45, 2.75) is 6.54 Å². The van der Waals surface area contributed by atoms with Gasteiger partial charge in [-0.05, 0) is 35.0 Å². The summed E-state index contributed by atoms with van der Waals surface area (Å²) >= 11 is 3.28. The summed E-state index contributed by atoms with van der Waals surface area (Å²) in [4.78, 5) is 11.1. The van der Waals surface area contributed by atoms with Crippen molar-refractivity contribution in [2.75, 3.05) is 5.32 Å². The van der Waals surface area contributed by atoms with E-state index in [1.54, 1.807) is 28.9 Å². The van der Waals surface area contributed by atoms with Crippen molar-refractivity contribution in [1.82, 2.24) is 20.2 Å². The summed E-state index contributed by atoms with van der Waals surface area (Å²) in [5, 5.41) is 15.9. The van der Waals surface area contributed by atoms with Gasteiger partial charge in [0.1, 0.15) is 11.4 Å². The number of anilines is 1. The second-order valence-corrected chi connectivity index (χ2v) is 6.86. The molecule has 4 aromatic heterocycles. The van der Waals surface area contributed by atoms with E-state index >= 15 is 0 Å². The van der Waals surface area contributed by atoms with Crippen molar-refractivity contribution in [3.63, 3.8) is 0 Å². The van der Waals surface area contributed by atoms with E-state index in [1.807, 2.05) is 53.2 Å². The molecule has 0 atom stereocenters. The maximum Gasteiger partial charge on any atom is 0.243 e. The summed E-state index contributed by atoms with van der Waals surface area (Å²) in [6, 6.07) is 13.9. The number of hydrogen-bond acceptors (Lipinski definition) is 7. The molecule has 0 saturated carbocycles. The van der Waals surface area contributed by atoms with Crippen LogP contribution in [0.4, 0.5) is 5.95 Å². The van der Waals surface area contributed by atoms with Gasteiger partial charge in [-0.1, -0.05) is 18.2 Å². The van der Waals surface area contributed by atoms with Crippen LogP contribution in [0, 0.1) is 0 Å². The van der Waals surface area contributed by atoms with Crippen molar-refractivity contribution < 1.29 is 0 Å². The lowest BCUT2D eigenvalue weighted by molar-refractivity contribution is 0.941. The normalized spacial score (nSPS) is 10.7. The average molecular weight is 351 g/mol. The summed E-state index contributed by atoms with van der Waals surface area (Å²) < 4.78 is 0. The third kappa shape index (κ3) is 3.17. The lowest BCUT2D eigenvalue weighted by Crippen LogP contribution is -2.07. The van der Waals surface area contributed by atoms with Gasteiger partial charge >= 0.3 is 0 Å². The van der Waals surface area contributed by atoms with E-state index in [0.29, 0.717) is 12.5 Å². The molecule has 4 heterocycles. The Balaban J connectivity index is 1.66. The molecule has 0 spiro atoms. The van der Waals surface area contributed by atoms with Crippen LogP contribution in [0.15, 0.2) is 59.4 Å². The van der Waals surface area contributed by atoms with Crippen LogP contribution < -0.4 is 5.32 Å². The Bertz CT molecular complexity index is 906. The zero-order valence-electron chi connectivity index (χ0n) is 12.6. The molecule has 0 bridgehead atoms. The first-order valence-corrected chi connectivity index (χ1v) is 9.12. The fraction of sp³-hybridized carbons (Fsp3) is 0.0588. The summed E-state index contributed by atoms with van der Waals surface area (Å²) in [6.07, 6.45) is 1.77. The van der Waals surface area contributed by atoms with E-state index in [9.17, 15) is 0 Å². The predicted molar refractivity (Wildman–Crippen MR) is 98.0 cm³/mol. The minimum Gasteiger partial charge on any atom is -0.347 e. The lowest BCUT2D eigenvalue weighted by Gasteiger charge is -2.08. The maximum atomic E-state index is 4.69. The average Bonchev–Trinajstić information content (AvgIpc) is 3.34.